The number of nitrogens with one attached hydrogen (secondary N) is 1. The van der Waals surface area contributed by atoms with E-state index in [9.17, 15) is 18.3 Å². The largest absolute Gasteiger partial charge is 0.507 e. The van der Waals surface area contributed by atoms with Gasteiger partial charge in [-0.05, 0) is 42.3 Å². The number of carboxylic acid groups (broad SMARTS) is 1. The van der Waals surface area contributed by atoms with Crippen molar-refractivity contribution in [1.82, 2.24) is 0 Å². The highest BCUT2D eigenvalue weighted by molar-refractivity contribution is 7.92. The zero-order valence-corrected chi connectivity index (χ0v) is 12.6. The minimum atomic E-state index is -3.93. The van der Waals surface area contributed by atoms with Gasteiger partial charge >= 0.3 is 5.97 Å². The number of aromatic carboxylic acids is 1. The third kappa shape index (κ3) is 3.37. The van der Waals surface area contributed by atoms with Crippen molar-refractivity contribution in [2.24, 2.45) is 0 Å². The SMILES string of the molecule is CCc1ccc(NS(=O)(=O)c2ccc(O)c(C(=O)O)c2)cc1. The van der Waals surface area contributed by atoms with Gasteiger partial charge in [-0.2, -0.15) is 0 Å². The van der Waals surface area contributed by atoms with E-state index in [2.05, 4.69) is 4.72 Å². The average molecular weight is 321 g/mol. The molecule has 116 valence electrons. The van der Waals surface area contributed by atoms with E-state index in [1.165, 1.54) is 0 Å². The first-order valence-corrected chi connectivity index (χ1v) is 8.00. The van der Waals surface area contributed by atoms with Gasteiger partial charge < -0.3 is 10.2 Å². The highest BCUT2D eigenvalue weighted by atomic mass is 32.2. The predicted octanol–water partition coefficient (Wildman–Crippen LogP) is 2.45. The van der Waals surface area contributed by atoms with Crippen LogP contribution in [0, 0.1) is 0 Å². The molecule has 0 aliphatic carbocycles. The molecule has 3 N–H and O–H groups in total. The van der Waals surface area contributed by atoms with Crippen LogP contribution < -0.4 is 4.72 Å². The normalized spacial score (nSPS) is 11.1. The standard InChI is InChI=1S/C15H15NO5S/c1-2-10-3-5-11(6-4-10)16-22(20,21)12-7-8-14(17)13(9-12)15(18)19/h3-9,16-17H,2H2,1H3,(H,18,19). The Kier molecular flexibility index (Phi) is 4.37. The molecule has 7 heteroatoms. The summed E-state index contributed by atoms with van der Waals surface area (Å²) < 4.78 is 26.9. The molecule has 0 heterocycles. The summed E-state index contributed by atoms with van der Waals surface area (Å²) in [6, 6.07) is 9.97. The van der Waals surface area contributed by atoms with Crippen molar-refractivity contribution in [2.75, 3.05) is 4.72 Å². The highest BCUT2D eigenvalue weighted by Crippen LogP contribution is 2.23. The average Bonchev–Trinajstić information content (AvgIpc) is 2.47. The third-order valence-electron chi connectivity index (χ3n) is 3.12. The van der Waals surface area contributed by atoms with Crippen LogP contribution in [0.25, 0.3) is 0 Å². The second-order valence-corrected chi connectivity index (χ2v) is 6.32. The fourth-order valence-electron chi connectivity index (χ4n) is 1.88. The number of carbonyl (C=O) groups is 1. The fourth-order valence-corrected chi connectivity index (χ4v) is 2.96. The van der Waals surface area contributed by atoms with Gasteiger partial charge in [0.1, 0.15) is 11.3 Å². The van der Waals surface area contributed by atoms with Crippen molar-refractivity contribution < 1.29 is 23.4 Å². The minimum Gasteiger partial charge on any atom is -0.507 e. The van der Waals surface area contributed by atoms with E-state index in [1.807, 2.05) is 6.92 Å². The molecule has 0 bridgehead atoms. The number of benzene rings is 2. The Hall–Kier alpha value is -2.54. The van der Waals surface area contributed by atoms with E-state index in [-0.39, 0.29) is 4.90 Å². The molecule has 0 spiro atoms. The summed E-state index contributed by atoms with van der Waals surface area (Å²) in [5.74, 6) is -1.89. The topological polar surface area (TPSA) is 104 Å². The summed E-state index contributed by atoms with van der Waals surface area (Å²) in [6.45, 7) is 1.99. The van der Waals surface area contributed by atoms with E-state index in [4.69, 9.17) is 5.11 Å². The summed E-state index contributed by atoms with van der Waals surface area (Å²) in [6.07, 6.45) is 0.840. The quantitative estimate of drug-likeness (QED) is 0.785. The molecule has 0 saturated carbocycles. The minimum absolute atomic E-state index is 0.234. The van der Waals surface area contributed by atoms with Gasteiger partial charge in [-0.1, -0.05) is 19.1 Å². The smallest absolute Gasteiger partial charge is 0.339 e. The van der Waals surface area contributed by atoms with E-state index in [0.29, 0.717) is 5.69 Å². The lowest BCUT2D eigenvalue weighted by molar-refractivity contribution is 0.0693. The van der Waals surface area contributed by atoms with Crippen LogP contribution in [-0.4, -0.2) is 24.6 Å². The van der Waals surface area contributed by atoms with Crippen LogP contribution in [0.4, 0.5) is 5.69 Å². The Morgan fingerprint density at radius 3 is 2.32 bits per heavy atom. The summed E-state index contributed by atoms with van der Waals surface area (Å²) in [5, 5.41) is 18.4. The van der Waals surface area contributed by atoms with Crippen LogP contribution in [0.15, 0.2) is 47.4 Å². The highest BCUT2D eigenvalue weighted by Gasteiger charge is 2.19. The molecule has 0 aromatic heterocycles. The second-order valence-electron chi connectivity index (χ2n) is 4.64. The molecule has 0 atom stereocenters. The number of carboxylic acids is 1. The lowest BCUT2D eigenvalue weighted by Gasteiger charge is -2.10. The second kappa shape index (κ2) is 6.07. The number of hydrogen-bond acceptors (Lipinski definition) is 4. The van der Waals surface area contributed by atoms with Crippen molar-refractivity contribution in [3.63, 3.8) is 0 Å². The van der Waals surface area contributed by atoms with Crippen molar-refractivity contribution >= 4 is 21.7 Å². The summed E-state index contributed by atoms with van der Waals surface area (Å²) in [7, 11) is -3.93. The number of phenols is 1. The molecule has 0 saturated heterocycles. The molecule has 6 nitrogen and oxygen atoms in total. The monoisotopic (exact) mass is 321 g/mol. The first kappa shape index (κ1) is 15.8. The third-order valence-corrected chi connectivity index (χ3v) is 4.50. The number of rotatable bonds is 5. The number of aryl methyl sites for hydroxylation is 1. The summed E-state index contributed by atoms with van der Waals surface area (Å²) >= 11 is 0. The number of sulfonamides is 1. The molecule has 0 amide bonds. The number of hydrogen-bond donors (Lipinski definition) is 3. The molecule has 22 heavy (non-hydrogen) atoms. The van der Waals surface area contributed by atoms with Gasteiger partial charge in [0.05, 0.1) is 4.90 Å². The summed E-state index contributed by atoms with van der Waals surface area (Å²) in [4.78, 5) is 10.7. The molecular weight excluding hydrogens is 306 g/mol. The first-order valence-electron chi connectivity index (χ1n) is 6.51. The zero-order valence-electron chi connectivity index (χ0n) is 11.8. The van der Waals surface area contributed by atoms with Crippen LogP contribution in [0.5, 0.6) is 5.75 Å². The summed E-state index contributed by atoms with van der Waals surface area (Å²) in [5.41, 5.74) is 0.979. The lowest BCUT2D eigenvalue weighted by atomic mass is 10.2. The number of anilines is 1. The maximum absolute atomic E-state index is 12.3. The van der Waals surface area contributed by atoms with Crippen LogP contribution in [-0.2, 0) is 16.4 Å². The van der Waals surface area contributed by atoms with Crippen LogP contribution in [0.2, 0.25) is 0 Å². The van der Waals surface area contributed by atoms with Crippen LogP contribution >= 0.6 is 0 Å². The van der Waals surface area contributed by atoms with Gasteiger partial charge in [0.15, 0.2) is 0 Å². The van der Waals surface area contributed by atoms with E-state index < -0.39 is 27.3 Å². The van der Waals surface area contributed by atoms with Gasteiger partial charge in [0.25, 0.3) is 10.0 Å². The molecule has 2 aromatic carbocycles. The van der Waals surface area contributed by atoms with Crippen molar-refractivity contribution in [2.45, 2.75) is 18.2 Å². The zero-order chi connectivity index (χ0) is 16.3. The Morgan fingerprint density at radius 2 is 1.77 bits per heavy atom. The van der Waals surface area contributed by atoms with Crippen molar-refractivity contribution in [3.05, 3.63) is 53.6 Å². The Balaban J connectivity index is 2.33. The van der Waals surface area contributed by atoms with Crippen molar-refractivity contribution in [1.29, 1.82) is 0 Å². The number of aromatic hydroxyl groups is 1. The van der Waals surface area contributed by atoms with Gasteiger partial charge in [-0.25, -0.2) is 13.2 Å². The molecule has 0 fully saturated rings. The maximum Gasteiger partial charge on any atom is 0.339 e. The Bertz CT molecular complexity index is 797. The molecule has 2 aromatic rings. The maximum atomic E-state index is 12.3. The Labute approximate surface area is 128 Å². The van der Waals surface area contributed by atoms with Gasteiger partial charge in [-0.15, -0.1) is 0 Å². The van der Waals surface area contributed by atoms with Gasteiger partial charge in [0, 0.05) is 5.69 Å². The molecule has 0 aliphatic rings. The van der Waals surface area contributed by atoms with E-state index >= 15 is 0 Å². The van der Waals surface area contributed by atoms with Crippen molar-refractivity contribution in [3.8, 4) is 5.75 Å². The van der Waals surface area contributed by atoms with Gasteiger partial charge in [-0.3, -0.25) is 4.72 Å². The van der Waals surface area contributed by atoms with Crippen LogP contribution in [0.3, 0.4) is 0 Å². The molecular formula is C15H15NO5S. The predicted molar refractivity (Wildman–Crippen MR) is 81.7 cm³/mol. The first-order chi connectivity index (χ1) is 10.3. The molecule has 2 rings (SSSR count). The lowest BCUT2D eigenvalue weighted by Crippen LogP contribution is -2.13. The fraction of sp³-hybridized carbons (Fsp3) is 0.133. The molecule has 0 aliphatic heterocycles. The molecule has 0 radical (unpaired) electrons. The van der Waals surface area contributed by atoms with E-state index in [1.54, 1.807) is 24.3 Å². The Morgan fingerprint density at radius 1 is 1.14 bits per heavy atom. The van der Waals surface area contributed by atoms with E-state index in [0.717, 1.165) is 30.2 Å². The van der Waals surface area contributed by atoms with Crippen LogP contribution in [0.1, 0.15) is 22.8 Å². The molecule has 0 unspecified atom stereocenters. The van der Waals surface area contributed by atoms with Gasteiger partial charge in [0.2, 0.25) is 0 Å².